The van der Waals surface area contributed by atoms with E-state index in [-0.39, 0.29) is 22.8 Å². The van der Waals surface area contributed by atoms with E-state index in [1.165, 1.54) is 25.7 Å². The lowest BCUT2D eigenvalue weighted by molar-refractivity contribution is -0.385. The summed E-state index contributed by atoms with van der Waals surface area (Å²) < 4.78 is 4.95. The highest BCUT2D eigenvalue weighted by Gasteiger charge is 2.33. The number of rotatable bonds is 6. The summed E-state index contributed by atoms with van der Waals surface area (Å²) in [6, 6.07) is 4.39. The predicted octanol–water partition coefficient (Wildman–Crippen LogP) is 2.84. The molecule has 0 atom stereocenters. The zero-order valence-electron chi connectivity index (χ0n) is 13.3. The largest absolute Gasteiger partial charge is 0.490 e. The van der Waals surface area contributed by atoms with E-state index >= 15 is 0 Å². The van der Waals surface area contributed by atoms with Crippen molar-refractivity contribution in [3.05, 3.63) is 28.3 Å². The Morgan fingerprint density at radius 1 is 1.39 bits per heavy atom. The Balaban J connectivity index is 2.07. The highest BCUT2D eigenvalue weighted by atomic mass is 16.6. The molecule has 0 unspecified atom stereocenters. The molecule has 1 aromatic carbocycles. The lowest BCUT2D eigenvalue weighted by Gasteiger charge is -2.35. The van der Waals surface area contributed by atoms with Crippen LogP contribution in [0.1, 0.15) is 38.5 Å². The number of nitro benzene ring substituents is 1. The molecule has 23 heavy (non-hydrogen) atoms. The number of methoxy groups -OCH3 is 1. The van der Waals surface area contributed by atoms with E-state index < -0.39 is 4.92 Å². The summed E-state index contributed by atoms with van der Waals surface area (Å²) in [6.07, 6.45) is 5.65. The molecule has 126 valence electrons. The molecular formula is C16H23N3O4. The van der Waals surface area contributed by atoms with Gasteiger partial charge >= 0.3 is 5.69 Å². The third-order valence-corrected chi connectivity index (χ3v) is 4.54. The van der Waals surface area contributed by atoms with Gasteiger partial charge in [0.15, 0.2) is 5.75 Å². The van der Waals surface area contributed by atoms with Gasteiger partial charge in [0.2, 0.25) is 5.91 Å². The minimum Gasteiger partial charge on any atom is -0.490 e. The first kappa shape index (κ1) is 17.2. The van der Waals surface area contributed by atoms with Crippen LogP contribution >= 0.6 is 0 Å². The second kappa shape index (κ2) is 7.41. The van der Waals surface area contributed by atoms with Crippen LogP contribution in [0.2, 0.25) is 0 Å². The summed E-state index contributed by atoms with van der Waals surface area (Å²) >= 11 is 0. The normalized spacial score (nSPS) is 16.6. The number of hydrogen-bond acceptors (Lipinski definition) is 5. The van der Waals surface area contributed by atoms with Gasteiger partial charge in [-0.15, -0.1) is 0 Å². The van der Waals surface area contributed by atoms with Crippen molar-refractivity contribution in [3.63, 3.8) is 0 Å². The number of benzene rings is 1. The lowest BCUT2D eigenvalue weighted by Crippen LogP contribution is -2.36. The molecule has 0 bridgehead atoms. The minimum atomic E-state index is -0.531. The molecule has 0 saturated heterocycles. The molecule has 1 aliphatic rings. The van der Waals surface area contributed by atoms with E-state index in [2.05, 4.69) is 5.32 Å². The van der Waals surface area contributed by atoms with Crippen molar-refractivity contribution in [2.75, 3.05) is 19.0 Å². The Kier molecular flexibility index (Phi) is 5.54. The SMILES string of the molecule is COc1ccc(NC(=O)CC2(CN)CCCCC2)cc1[N+](=O)[O-]. The molecule has 3 N–H and O–H groups in total. The Labute approximate surface area is 135 Å². The Morgan fingerprint density at radius 3 is 2.65 bits per heavy atom. The van der Waals surface area contributed by atoms with E-state index in [1.807, 2.05) is 0 Å². The van der Waals surface area contributed by atoms with Gasteiger partial charge in [-0.3, -0.25) is 14.9 Å². The van der Waals surface area contributed by atoms with Gasteiger partial charge in [0, 0.05) is 18.2 Å². The summed E-state index contributed by atoms with van der Waals surface area (Å²) in [5.74, 6) is 0.00974. The fraction of sp³-hybridized carbons (Fsp3) is 0.562. The molecule has 1 saturated carbocycles. The number of anilines is 1. The summed E-state index contributed by atoms with van der Waals surface area (Å²) in [6.45, 7) is 0.489. The number of nitro groups is 1. The fourth-order valence-corrected chi connectivity index (χ4v) is 3.21. The van der Waals surface area contributed by atoms with Gasteiger partial charge in [-0.25, -0.2) is 0 Å². The molecule has 7 heteroatoms. The molecular weight excluding hydrogens is 298 g/mol. The fourth-order valence-electron chi connectivity index (χ4n) is 3.21. The van der Waals surface area contributed by atoms with Crippen LogP contribution in [-0.4, -0.2) is 24.5 Å². The zero-order chi connectivity index (χ0) is 16.9. The molecule has 1 aliphatic carbocycles. The molecule has 1 fully saturated rings. The van der Waals surface area contributed by atoms with Crippen LogP contribution in [0, 0.1) is 15.5 Å². The van der Waals surface area contributed by atoms with Crippen molar-refractivity contribution in [2.45, 2.75) is 38.5 Å². The number of carbonyl (C=O) groups is 1. The van der Waals surface area contributed by atoms with Crippen LogP contribution in [0.15, 0.2) is 18.2 Å². The molecule has 1 amide bonds. The molecule has 1 aromatic rings. The summed E-state index contributed by atoms with van der Waals surface area (Å²) in [5, 5.41) is 13.8. The van der Waals surface area contributed by atoms with E-state index in [4.69, 9.17) is 10.5 Å². The van der Waals surface area contributed by atoms with Crippen molar-refractivity contribution in [2.24, 2.45) is 11.1 Å². The number of ether oxygens (including phenoxy) is 1. The lowest BCUT2D eigenvalue weighted by atomic mass is 9.71. The number of amides is 1. The molecule has 2 rings (SSSR count). The molecule has 0 aliphatic heterocycles. The minimum absolute atomic E-state index is 0.138. The number of hydrogen-bond donors (Lipinski definition) is 2. The number of carbonyl (C=O) groups excluding carboxylic acids is 1. The van der Waals surface area contributed by atoms with Crippen LogP contribution in [0.5, 0.6) is 5.75 Å². The first-order chi connectivity index (χ1) is 11.0. The van der Waals surface area contributed by atoms with Crippen molar-refractivity contribution in [1.29, 1.82) is 0 Å². The second-order valence-corrected chi connectivity index (χ2v) is 6.13. The van der Waals surface area contributed by atoms with Gasteiger partial charge in [-0.1, -0.05) is 19.3 Å². The third kappa shape index (κ3) is 4.19. The van der Waals surface area contributed by atoms with Crippen molar-refractivity contribution < 1.29 is 14.5 Å². The van der Waals surface area contributed by atoms with Gasteiger partial charge in [0.1, 0.15) is 0 Å². The van der Waals surface area contributed by atoms with Crippen molar-refractivity contribution in [1.82, 2.24) is 0 Å². The van der Waals surface area contributed by atoms with Crippen LogP contribution in [0.3, 0.4) is 0 Å². The highest BCUT2D eigenvalue weighted by molar-refractivity contribution is 5.91. The average molecular weight is 321 g/mol. The van der Waals surface area contributed by atoms with Gasteiger partial charge in [-0.05, 0) is 36.9 Å². The first-order valence-electron chi connectivity index (χ1n) is 7.82. The Bertz CT molecular complexity index is 583. The van der Waals surface area contributed by atoms with E-state index in [0.29, 0.717) is 18.7 Å². The van der Waals surface area contributed by atoms with E-state index in [9.17, 15) is 14.9 Å². The Hall–Kier alpha value is -2.15. The zero-order valence-corrected chi connectivity index (χ0v) is 13.3. The topological polar surface area (TPSA) is 107 Å². The van der Waals surface area contributed by atoms with Crippen LogP contribution < -0.4 is 15.8 Å². The first-order valence-corrected chi connectivity index (χ1v) is 7.82. The third-order valence-electron chi connectivity index (χ3n) is 4.54. The molecule has 0 aromatic heterocycles. The van der Waals surface area contributed by atoms with Crippen molar-refractivity contribution in [3.8, 4) is 5.75 Å². The van der Waals surface area contributed by atoms with Crippen molar-refractivity contribution >= 4 is 17.3 Å². The highest BCUT2D eigenvalue weighted by Crippen LogP contribution is 2.38. The van der Waals surface area contributed by atoms with Crippen LogP contribution in [-0.2, 0) is 4.79 Å². The molecule has 0 radical (unpaired) electrons. The molecule has 0 spiro atoms. The van der Waals surface area contributed by atoms with E-state index in [0.717, 1.165) is 25.7 Å². The number of nitrogens with one attached hydrogen (secondary N) is 1. The molecule has 7 nitrogen and oxygen atoms in total. The van der Waals surface area contributed by atoms with Gasteiger partial charge < -0.3 is 15.8 Å². The maximum absolute atomic E-state index is 12.3. The average Bonchev–Trinajstić information content (AvgIpc) is 2.55. The smallest absolute Gasteiger partial charge is 0.312 e. The standard InChI is InChI=1S/C16H23N3O4/c1-23-14-6-5-12(9-13(14)19(21)22)18-15(20)10-16(11-17)7-3-2-4-8-16/h5-6,9H,2-4,7-8,10-11,17H2,1H3,(H,18,20). The summed E-state index contributed by atoms with van der Waals surface area (Å²) in [4.78, 5) is 22.8. The summed E-state index contributed by atoms with van der Waals surface area (Å²) in [5.41, 5.74) is 5.98. The quantitative estimate of drug-likeness (QED) is 0.619. The van der Waals surface area contributed by atoms with E-state index in [1.54, 1.807) is 6.07 Å². The summed E-state index contributed by atoms with van der Waals surface area (Å²) in [7, 11) is 1.37. The van der Waals surface area contributed by atoms with Gasteiger partial charge in [0.25, 0.3) is 0 Å². The molecule has 0 heterocycles. The van der Waals surface area contributed by atoms with Crippen LogP contribution in [0.25, 0.3) is 0 Å². The second-order valence-electron chi connectivity index (χ2n) is 6.13. The maximum Gasteiger partial charge on any atom is 0.312 e. The number of nitrogens with two attached hydrogens (primary N) is 1. The van der Waals surface area contributed by atoms with Gasteiger partial charge in [0.05, 0.1) is 12.0 Å². The Morgan fingerprint density at radius 2 is 2.09 bits per heavy atom. The maximum atomic E-state index is 12.3. The predicted molar refractivity (Wildman–Crippen MR) is 87.5 cm³/mol. The van der Waals surface area contributed by atoms with Gasteiger partial charge in [-0.2, -0.15) is 0 Å². The monoisotopic (exact) mass is 321 g/mol. The number of nitrogens with zero attached hydrogens (tertiary/aromatic N) is 1. The van der Waals surface area contributed by atoms with Crippen LogP contribution in [0.4, 0.5) is 11.4 Å².